The van der Waals surface area contributed by atoms with Crippen molar-refractivity contribution in [2.24, 2.45) is 5.92 Å². The molecule has 2 fully saturated rings. The van der Waals surface area contributed by atoms with Gasteiger partial charge in [0.1, 0.15) is 11.6 Å². The maximum Gasteiger partial charge on any atom is 0.255 e. The Morgan fingerprint density at radius 3 is 2.84 bits per heavy atom. The molecule has 2 aliphatic carbocycles. The van der Waals surface area contributed by atoms with Crippen LogP contribution in [0.15, 0.2) is 36.7 Å². The molecule has 31 heavy (non-hydrogen) atoms. The molecule has 1 unspecified atom stereocenters. The number of aromatic amines is 1. The van der Waals surface area contributed by atoms with E-state index >= 15 is 0 Å². The zero-order valence-corrected chi connectivity index (χ0v) is 16.9. The van der Waals surface area contributed by atoms with Crippen molar-refractivity contribution >= 4 is 23.0 Å². The number of carbonyl (C=O) groups excluding carboxylic acids is 2. The zero-order valence-electron chi connectivity index (χ0n) is 16.9. The maximum absolute atomic E-state index is 13.0. The standard InChI is InChI=1S/C23H22N6O2/c24-9-13-2-1-3-14(8-13)10-27-23(31)19(16-6-7-16)29-22(30)17-11-25-21-20(17)28-18(12-26-21)15-4-5-15/h1-3,8,11-12,15-16,19H,4-7,10H2,(H,25,26)(H,27,31)(H,29,30). The lowest BCUT2D eigenvalue weighted by molar-refractivity contribution is -0.123. The molecule has 2 heterocycles. The normalized spacial score (nSPS) is 16.5. The van der Waals surface area contributed by atoms with Crippen LogP contribution in [0, 0.1) is 17.2 Å². The molecule has 1 atom stereocenters. The van der Waals surface area contributed by atoms with Crippen molar-refractivity contribution in [1.29, 1.82) is 5.26 Å². The maximum atomic E-state index is 13.0. The van der Waals surface area contributed by atoms with Crippen molar-refractivity contribution in [2.45, 2.75) is 44.2 Å². The van der Waals surface area contributed by atoms with E-state index in [0.29, 0.717) is 34.8 Å². The predicted molar refractivity (Wildman–Crippen MR) is 113 cm³/mol. The second-order valence-electron chi connectivity index (χ2n) is 8.29. The molecule has 5 rings (SSSR count). The Labute approximate surface area is 179 Å². The van der Waals surface area contributed by atoms with Gasteiger partial charge in [0, 0.05) is 18.7 Å². The average Bonchev–Trinajstić information content (AvgIpc) is 3.72. The van der Waals surface area contributed by atoms with Gasteiger partial charge in [0.25, 0.3) is 5.91 Å². The van der Waals surface area contributed by atoms with Crippen LogP contribution in [0.25, 0.3) is 11.2 Å². The minimum atomic E-state index is -0.601. The van der Waals surface area contributed by atoms with Gasteiger partial charge < -0.3 is 15.6 Å². The molecule has 1 aromatic carbocycles. The number of hydrogen-bond acceptors (Lipinski definition) is 5. The highest BCUT2D eigenvalue weighted by Crippen LogP contribution is 2.39. The van der Waals surface area contributed by atoms with Gasteiger partial charge in [0.15, 0.2) is 5.65 Å². The summed E-state index contributed by atoms with van der Waals surface area (Å²) in [5.74, 6) is 0.0229. The smallest absolute Gasteiger partial charge is 0.255 e. The third-order valence-electron chi connectivity index (χ3n) is 5.83. The molecule has 8 heteroatoms. The lowest BCUT2D eigenvalue weighted by Crippen LogP contribution is -2.47. The molecule has 8 nitrogen and oxygen atoms in total. The number of nitrogens with zero attached hydrogens (tertiary/aromatic N) is 3. The highest BCUT2D eigenvalue weighted by Gasteiger charge is 2.37. The first kappa shape index (κ1) is 19.2. The Kier molecular flexibility index (Phi) is 4.86. The van der Waals surface area contributed by atoms with Gasteiger partial charge >= 0.3 is 0 Å². The Balaban J connectivity index is 1.29. The molecule has 2 amide bonds. The van der Waals surface area contributed by atoms with Crippen LogP contribution < -0.4 is 10.6 Å². The van der Waals surface area contributed by atoms with Crippen LogP contribution in [0.3, 0.4) is 0 Å². The summed E-state index contributed by atoms with van der Waals surface area (Å²) in [7, 11) is 0. The van der Waals surface area contributed by atoms with Crippen molar-refractivity contribution in [1.82, 2.24) is 25.6 Å². The second kappa shape index (κ2) is 7.84. The number of nitrogens with one attached hydrogen (secondary N) is 3. The highest BCUT2D eigenvalue weighted by molar-refractivity contribution is 6.06. The summed E-state index contributed by atoms with van der Waals surface area (Å²) in [6.45, 7) is 0.302. The summed E-state index contributed by atoms with van der Waals surface area (Å²) < 4.78 is 0. The first-order valence-electron chi connectivity index (χ1n) is 10.5. The van der Waals surface area contributed by atoms with Gasteiger partial charge in [0.05, 0.1) is 29.1 Å². The molecular formula is C23H22N6O2. The fraction of sp³-hybridized carbons (Fsp3) is 0.348. The summed E-state index contributed by atoms with van der Waals surface area (Å²) in [6, 6.07) is 8.60. The number of benzene rings is 1. The predicted octanol–water partition coefficient (Wildman–Crippen LogP) is 2.53. The summed E-state index contributed by atoms with van der Waals surface area (Å²) in [6.07, 6.45) is 7.39. The molecular weight excluding hydrogens is 392 g/mol. The van der Waals surface area contributed by atoms with Crippen LogP contribution in [-0.4, -0.2) is 32.8 Å². The van der Waals surface area contributed by atoms with Crippen LogP contribution in [0.2, 0.25) is 0 Å². The average molecular weight is 414 g/mol. The number of fused-ring (bicyclic) bond motifs is 1. The molecule has 2 aromatic heterocycles. The molecule has 0 radical (unpaired) electrons. The Morgan fingerprint density at radius 1 is 1.26 bits per heavy atom. The molecule has 0 aliphatic heterocycles. The SMILES string of the molecule is N#Cc1cccc(CNC(=O)C(NC(=O)c2c[nH]c3ncc(C4CC4)nc23)C2CC2)c1. The second-order valence-corrected chi connectivity index (χ2v) is 8.29. The highest BCUT2D eigenvalue weighted by atomic mass is 16.2. The number of amides is 2. The van der Waals surface area contributed by atoms with Gasteiger partial charge in [-0.1, -0.05) is 12.1 Å². The molecule has 0 spiro atoms. The van der Waals surface area contributed by atoms with Gasteiger partial charge in [0.2, 0.25) is 5.91 Å². The number of rotatable bonds is 7. The van der Waals surface area contributed by atoms with Gasteiger partial charge in [-0.25, -0.2) is 9.97 Å². The largest absolute Gasteiger partial charge is 0.350 e. The number of hydrogen-bond donors (Lipinski definition) is 3. The van der Waals surface area contributed by atoms with Gasteiger partial charge in [-0.05, 0) is 49.3 Å². The lowest BCUT2D eigenvalue weighted by atomic mass is 10.1. The van der Waals surface area contributed by atoms with Crippen LogP contribution in [0.5, 0.6) is 0 Å². The van der Waals surface area contributed by atoms with Crippen LogP contribution in [0.1, 0.15) is 58.8 Å². The van der Waals surface area contributed by atoms with Crippen LogP contribution in [0.4, 0.5) is 0 Å². The summed E-state index contributed by atoms with van der Waals surface area (Å²) in [5, 5.41) is 14.8. The minimum absolute atomic E-state index is 0.132. The zero-order chi connectivity index (χ0) is 21.4. The van der Waals surface area contributed by atoms with E-state index in [1.807, 2.05) is 6.07 Å². The Hall–Kier alpha value is -3.73. The van der Waals surface area contributed by atoms with Crippen LogP contribution in [-0.2, 0) is 11.3 Å². The first-order chi connectivity index (χ1) is 15.1. The van der Waals surface area contributed by atoms with Crippen molar-refractivity contribution < 1.29 is 9.59 Å². The minimum Gasteiger partial charge on any atom is -0.350 e. The van der Waals surface area contributed by atoms with Crippen molar-refractivity contribution in [3.8, 4) is 6.07 Å². The third-order valence-corrected chi connectivity index (χ3v) is 5.83. The quantitative estimate of drug-likeness (QED) is 0.548. The first-order valence-corrected chi connectivity index (χ1v) is 10.5. The number of aromatic nitrogens is 3. The van der Waals surface area contributed by atoms with Crippen molar-refractivity contribution in [3.63, 3.8) is 0 Å². The summed E-state index contributed by atoms with van der Waals surface area (Å²) in [5.41, 5.74) is 3.82. The summed E-state index contributed by atoms with van der Waals surface area (Å²) >= 11 is 0. The molecule has 2 saturated carbocycles. The Bertz CT molecular complexity index is 1200. The van der Waals surface area contributed by atoms with Crippen molar-refractivity contribution in [3.05, 3.63) is 59.0 Å². The fourth-order valence-corrected chi connectivity index (χ4v) is 3.75. The Morgan fingerprint density at radius 2 is 2.10 bits per heavy atom. The topological polar surface area (TPSA) is 124 Å². The van der Waals surface area contributed by atoms with Gasteiger partial charge in [-0.2, -0.15) is 5.26 Å². The fourth-order valence-electron chi connectivity index (χ4n) is 3.75. The molecule has 0 saturated heterocycles. The lowest BCUT2D eigenvalue weighted by Gasteiger charge is -2.18. The van der Waals surface area contributed by atoms with Gasteiger partial charge in [-0.3, -0.25) is 9.59 Å². The summed E-state index contributed by atoms with van der Waals surface area (Å²) in [4.78, 5) is 37.9. The van der Waals surface area contributed by atoms with E-state index in [2.05, 4.69) is 31.7 Å². The van der Waals surface area contributed by atoms with Crippen molar-refractivity contribution in [2.75, 3.05) is 0 Å². The van der Waals surface area contributed by atoms with Gasteiger partial charge in [-0.15, -0.1) is 0 Å². The molecule has 0 bridgehead atoms. The molecule has 3 N–H and O–H groups in total. The van der Waals surface area contributed by atoms with E-state index in [-0.39, 0.29) is 17.7 Å². The van der Waals surface area contributed by atoms with E-state index in [0.717, 1.165) is 36.9 Å². The monoisotopic (exact) mass is 414 g/mol. The third kappa shape index (κ3) is 4.12. The van der Waals surface area contributed by atoms with E-state index in [9.17, 15) is 9.59 Å². The van der Waals surface area contributed by atoms with E-state index in [1.165, 1.54) is 0 Å². The van der Waals surface area contributed by atoms with Crippen LogP contribution >= 0.6 is 0 Å². The van der Waals surface area contributed by atoms with E-state index < -0.39 is 6.04 Å². The molecule has 2 aliphatic rings. The number of carbonyl (C=O) groups is 2. The number of H-pyrrole nitrogens is 1. The van der Waals surface area contributed by atoms with E-state index in [4.69, 9.17) is 5.26 Å². The number of nitriles is 1. The molecule has 3 aromatic rings. The van der Waals surface area contributed by atoms with E-state index in [1.54, 1.807) is 30.6 Å². The molecule has 156 valence electrons.